The lowest BCUT2D eigenvalue weighted by atomic mass is 10.1. The first-order chi connectivity index (χ1) is 11.0. The van der Waals surface area contributed by atoms with Crippen LogP contribution in [0.3, 0.4) is 0 Å². The van der Waals surface area contributed by atoms with Crippen LogP contribution in [-0.2, 0) is 9.59 Å². The Morgan fingerprint density at radius 1 is 1.50 bits per heavy atom. The van der Waals surface area contributed by atoms with Gasteiger partial charge in [-0.1, -0.05) is 13.3 Å². The predicted octanol–water partition coefficient (Wildman–Crippen LogP) is 2.67. The molecule has 134 valence electrons. The Kier molecular flexibility index (Phi) is 7.35. The molecule has 7 heteroatoms. The molecule has 2 atom stereocenters. The van der Waals surface area contributed by atoms with Crippen molar-refractivity contribution >= 4 is 35.6 Å². The lowest BCUT2D eigenvalue weighted by molar-refractivity contribution is -0.129. The highest BCUT2D eigenvalue weighted by Gasteiger charge is 2.36. The van der Waals surface area contributed by atoms with Crippen LogP contribution in [0.2, 0.25) is 0 Å². The molecule has 0 saturated carbocycles. The molecule has 2 unspecified atom stereocenters. The van der Waals surface area contributed by atoms with Crippen molar-refractivity contribution in [2.75, 3.05) is 24.7 Å². The number of nitrogens with zero attached hydrogens (tertiary/aromatic N) is 1. The van der Waals surface area contributed by atoms with Crippen molar-refractivity contribution in [2.24, 2.45) is 5.92 Å². The highest BCUT2D eigenvalue weighted by Crippen LogP contribution is 2.27. The van der Waals surface area contributed by atoms with Crippen LogP contribution in [0.15, 0.2) is 18.2 Å². The molecule has 1 aliphatic heterocycles. The number of hydrogen-bond donors (Lipinski definition) is 2. The topological polar surface area (TPSA) is 84.7 Å². The Balaban J connectivity index is 0.00000288. The molecule has 3 N–H and O–H groups in total. The van der Waals surface area contributed by atoms with Gasteiger partial charge in [-0.2, -0.15) is 0 Å². The van der Waals surface area contributed by atoms with Gasteiger partial charge in [-0.15, -0.1) is 12.4 Å². The summed E-state index contributed by atoms with van der Waals surface area (Å²) in [4.78, 5) is 26.4. The van der Waals surface area contributed by atoms with Crippen LogP contribution in [0, 0.1) is 5.92 Å². The SMILES string of the molecule is CCCC(C)N1CC(C(=O)Nc2cc(OC)ccc2N)CC1=O.Cl. The molecule has 1 aromatic rings. The summed E-state index contributed by atoms with van der Waals surface area (Å²) in [7, 11) is 1.56. The maximum atomic E-state index is 12.5. The van der Waals surface area contributed by atoms with E-state index in [-0.39, 0.29) is 42.6 Å². The van der Waals surface area contributed by atoms with Crippen molar-refractivity contribution < 1.29 is 14.3 Å². The minimum Gasteiger partial charge on any atom is -0.497 e. The van der Waals surface area contributed by atoms with Crippen LogP contribution in [0.25, 0.3) is 0 Å². The minimum absolute atomic E-state index is 0. The Hall–Kier alpha value is -1.95. The summed E-state index contributed by atoms with van der Waals surface area (Å²) >= 11 is 0. The van der Waals surface area contributed by atoms with Crippen molar-refractivity contribution in [2.45, 2.75) is 39.2 Å². The van der Waals surface area contributed by atoms with Crippen LogP contribution in [0.5, 0.6) is 5.75 Å². The second-order valence-corrected chi connectivity index (χ2v) is 6.03. The highest BCUT2D eigenvalue weighted by atomic mass is 35.5. The zero-order chi connectivity index (χ0) is 17.0. The number of carbonyl (C=O) groups is 2. The molecule has 1 aliphatic rings. The molecule has 1 saturated heterocycles. The van der Waals surface area contributed by atoms with E-state index in [2.05, 4.69) is 12.2 Å². The Morgan fingerprint density at radius 3 is 2.83 bits per heavy atom. The van der Waals surface area contributed by atoms with Gasteiger partial charge in [0.15, 0.2) is 0 Å². The van der Waals surface area contributed by atoms with Gasteiger partial charge in [-0.05, 0) is 25.5 Å². The molecular weight excluding hydrogens is 330 g/mol. The van der Waals surface area contributed by atoms with Crippen LogP contribution in [0.4, 0.5) is 11.4 Å². The van der Waals surface area contributed by atoms with E-state index in [1.807, 2.05) is 11.8 Å². The first-order valence-corrected chi connectivity index (χ1v) is 8.00. The third kappa shape index (κ3) is 4.54. The van der Waals surface area contributed by atoms with Crippen molar-refractivity contribution in [1.82, 2.24) is 4.90 Å². The number of ether oxygens (including phenoxy) is 1. The zero-order valence-electron chi connectivity index (χ0n) is 14.4. The van der Waals surface area contributed by atoms with E-state index in [9.17, 15) is 9.59 Å². The van der Waals surface area contributed by atoms with Crippen molar-refractivity contribution in [1.29, 1.82) is 0 Å². The van der Waals surface area contributed by atoms with Gasteiger partial charge in [0.1, 0.15) is 5.75 Å². The third-order valence-electron chi connectivity index (χ3n) is 4.29. The first kappa shape index (κ1) is 20.1. The number of rotatable bonds is 6. The molecular formula is C17H26ClN3O3. The van der Waals surface area contributed by atoms with Crippen LogP contribution < -0.4 is 15.8 Å². The van der Waals surface area contributed by atoms with E-state index in [0.717, 1.165) is 12.8 Å². The highest BCUT2D eigenvalue weighted by molar-refractivity contribution is 5.99. The Morgan fingerprint density at radius 2 is 2.21 bits per heavy atom. The summed E-state index contributed by atoms with van der Waals surface area (Å²) in [5, 5.41) is 2.82. The maximum absolute atomic E-state index is 12.5. The Bertz CT molecular complexity index is 594. The fourth-order valence-corrected chi connectivity index (χ4v) is 2.91. The second-order valence-electron chi connectivity index (χ2n) is 6.03. The lowest BCUT2D eigenvalue weighted by Crippen LogP contribution is -2.35. The van der Waals surface area contributed by atoms with Crippen LogP contribution in [0.1, 0.15) is 33.1 Å². The lowest BCUT2D eigenvalue weighted by Gasteiger charge is -2.24. The number of halogens is 1. The Labute approximate surface area is 149 Å². The van der Waals surface area contributed by atoms with Gasteiger partial charge in [0.2, 0.25) is 11.8 Å². The molecule has 0 spiro atoms. The van der Waals surface area contributed by atoms with Gasteiger partial charge in [0, 0.05) is 25.1 Å². The number of carbonyl (C=O) groups excluding carboxylic acids is 2. The molecule has 1 heterocycles. The fraction of sp³-hybridized carbons (Fsp3) is 0.529. The average Bonchev–Trinajstić information content (AvgIpc) is 2.92. The van der Waals surface area contributed by atoms with Gasteiger partial charge in [-0.3, -0.25) is 9.59 Å². The summed E-state index contributed by atoms with van der Waals surface area (Å²) in [6.07, 6.45) is 2.22. The number of likely N-dealkylation sites (tertiary alicyclic amines) is 1. The summed E-state index contributed by atoms with van der Waals surface area (Å²) in [6.45, 7) is 4.59. The molecule has 2 rings (SSSR count). The van der Waals surface area contributed by atoms with Crippen molar-refractivity contribution in [3.8, 4) is 5.75 Å². The van der Waals surface area contributed by atoms with E-state index >= 15 is 0 Å². The number of hydrogen-bond acceptors (Lipinski definition) is 4. The fourth-order valence-electron chi connectivity index (χ4n) is 2.91. The number of anilines is 2. The molecule has 24 heavy (non-hydrogen) atoms. The van der Waals surface area contributed by atoms with E-state index in [1.54, 1.807) is 25.3 Å². The smallest absolute Gasteiger partial charge is 0.229 e. The average molecular weight is 356 g/mol. The van der Waals surface area contributed by atoms with Gasteiger partial charge in [-0.25, -0.2) is 0 Å². The quantitative estimate of drug-likeness (QED) is 0.768. The van der Waals surface area contributed by atoms with E-state index in [1.165, 1.54) is 0 Å². The predicted molar refractivity (Wildman–Crippen MR) is 97.5 cm³/mol. The van der Waals surface area contributed by atoms with Crippen molar-refractivity contribution in [3.63, 3.8) is 0 Å². The first-order valence-electron chi connectivity index (χ1n) is 8.00. The minimum atomic E-state index is -0.340. The number of benzene rings is 1. The zero-order valence-corrected chi connectivity index (χ0v) is 15.2. The van der Waals surface area contributed by atoms with E-state index in [0.29, 0.717) is 23.7 Å². The molecule has 6 nitrogen and oxygen atoms in total. The standard InChI is InChI=1S/C17H25N3O3.ClH/c1-4-5-11(2)20-10-12(8-16(20)21)17(22)19-15-9-13(23-3)6-7-14(15)18;/h6-7,9,11-12H,4-5,8,10,18H2,1-3H3,(H,19,22);1H. The normalized spacial score (nSPS) is 18.0. The number of nitrogens with two attached hydrogens (primary N) is 1. The second kappa shape index (κ2) is 8.78. The third-order valence-corrected chi connectivity index (χ3v) is 4.29. The summed E-state index contributed by atoms with van der Waals surface area (Å²) < 4.78 is 5.14. The van der Waals surface area contributed by atoms with E-state index in [4.69, 9.17) is 10.5 Å². The number of nitrogen functional groups attached to an aromatic ring is 1. The van der Waals surface area contributed by atoms with Gasteiger partial charge in [0.05, 0.1) is 24.4 Å². The van der Waals surface area contributed by atoms with Crippen LogP contribution >= 0.6 is 12.4 Å². The van der Waals surface area contributed by atoms with Crippen LogP contribution in [-0.4, -0.2) is 36.4 Å². The van der Waals surface area contributed by atoms with E-state index < -0.39 is 0 Å². The molecule has 2 amide bonds. The molecule has 1 fully saturated rings. The summed E-state index contributed by atoms with van der Waals surface area (Å²) in [5.41, 5.74) is 6.87. The molecule has 0 aliphatic carbocycles. The van der Waals surface area contributed by atoms with Gasteiger partial charge < -0.3 is 20.7 Å². The summed E-state index contributed by atoms with van der Waals surface area (Å²) in [6, 6.07) is 5.27. The summed E-state index contributed by atoms with van der Waals surface area (Å²) in [5.74, 6) is 0.150. The maximum Gasteiger partial charge on any atom is 0.229 e. The number of nitrogens with one attached hydrogen (secondary N) is 1. The number of methoxy groups -OCH3 is 1. The molecule has 0 bridgehead atoms. The molecule has 0 radical (unpaired) electrons. The monoisotopic (exact) mass is 355 g/mol. The van der Waals surface area contributed by atoms with Gasteiger partial charge >= 0.3 is 0 Å². The van der Waals surface area contributed by atoms with Crippen molar-refractivity contribution in [3.05, 3.63) is 18.2 Å². The number of amides is 2. The van der Waals surface area contributed by atoms with Gasteiger partial charge in [0.25, 0.3) is 0 Å². The largest absolute Gasteiger partial charge is 0.497 e. The molecule has 0 aromatic heterocycles. The molecule has 1 aromatic carbocycles.